The summed E-state index contributed by atoms with van der Waals surface area (Å²) >= 11 is 1.38. The van der Waals surface area contributed by atoms with Crippen LogP contribution >= 0.6 is 11.3 Å². The third-order valence-electron chi connectivity index (χ3n) is 2.69. The van der Waals surface area contributed by atoms with Crippen molar-refractivity contribution >= 4 is 22.4 Å². The van der Waals surface area contributed by atoms with Crippen molar-refractivity contribution in [3.63, 3.8) is 0 Å². The smallest absolute Gasteiger partial charge is 0.264 e. The number of anilines is 1. The van der Waals surface area contributed by atoms with Gasteiger partial charge in [-0.3, -0.25) is 10.1 Å². The molecule has 0 aliphatic carbocycles. The molecule has 0 atom stereocenters. The fraction of sp³-hybridized carbons (Fsp3) is 0.357. The molecular formula is C14H17N3O2S. The normalized spacial score (nSPS) is 10.3. The molecule has 1 amide bonds. The standard InChI is InChI=1S/C14H17N3O2S/c1-3-10-6-5-7-11(8-10)19-9-12(18)15-14-17-16-13(4-2)20-14/h5-8H,3-4,9H2,1-2H3,(H,15,17,18). The Morgan fingerprint density at radius 2 is 2.15 bits per heavy atom. The number of amides is 1. The van der Waals surface area contributed by atoms with E-state index in [1.807, 2.05) is 31.2 Å². The van der Waals surface area contributed by atoms with Crippen molar-refractivity contribution in [1.82, 2.24) is 10.2 Å². The van der Waals surface area contributed by atoms with Gasteiger partial charge in [0.25, 0.3) is 5.91 Å². The van der Waals surface area contributed by atoms with E-state index < -0.39 is 0 Å². The highest BCUT2D eigenvalue weighted by molar-refractivity contribution is 7.15. The lowest BCUT2D eigenvalue weighted by Gasteiger charge is -2.06. The van der Waals surface area contributed by atoms with E-state index in [1.54, 1.807) is 0 Å². The summed E-state index contributed by atoms with van der Waals surface area (Å²) in [6, 6.07) is 7.73. The molecule has 2 aromatic rings. The lowest BCUT2D eigenvalue weighted by atomic mass is 10.2. The summed E-state index contributed by atoms with van der Waals surface area (Å²) in [6.45, 7) is 4.04. The van der Waals surface area contributed by atoms with Crippen LogP contribution in [0.1, 0.15) is 24.4 Å². The van der Waals surface area contributed by atoms with Crippen LogP contribution in [0, 0.1) is 0 Å². The Morgan fingerprint density at radius 3 is 2.85 bits per heavy atom. The third kappa shape index (κ3) is 4.03. The Kier molecular flexibility index (Phi) is 5.06. The molecule has 0 saturated heterocycles. The minimum atomic E-state index is -0.231. The molecule has 1 heterocycles. The van der Waals surface area contributed by atoms with E-state index in [0.717, 1.165) is 17.8 Å². The van der Waals surface area contributed by atoms with Gasteiger partial charge in [0, 0.05) is 0 Å². The van der Waals surface area contributed by atoms with Gasteiger partial charge in [0.05, 0.1) is 0 Å². The number of aryl methyl sites for hydroxylation is 2. The summed E-state index contributed by atoms with van der Waals surface area (Å²) in [5, 5.41) is 11.9. The number of nitrogens with zero attached hydrogens (tertiary/aromatic N) is 2. The highest BCUT2D eigenvalue weighted by Crippen LogP contribution is 2.16. The van der Waals surface area contributed by atoms with Crippen molar-refractivity contribution in [2.75, 3.05) is 11.9 Å². The van der Waals surface area contributed by atoms with Crippen molar-refractivity contribution in [3.05, 3.63) is 34.8 Å². The maximum absolute atomic E-state index is 11.7. The number of hydrogen-bond acceptors (Lipinski definition) is 5. The monoisotopic (exact) mass is 291 g/mol. The molecule has 0 aliphatic rings. The first-order valence-electron chi connectivity index (χ1n) is 6.55. The number of rotatable bonds is 6. The predicted octanol–water partition coefficient (Wildman–Crippen LogP) is 2.68. The number of hydrogen-bond donors (Lipinski definition) is 1. The van der Waals surface area contributed by atoms with E-state index in [0.29, 0.717) is 10.9 Å². The Balaban J connectivity index is 1.85. The van der Waals surface area contributed by atoms with Gasteiger partial charge in [-0.1, -0.05) is 37.3 Å². The Bertz CT molecular complexity index is 583. The summed E-state index contributed by atoms with van der Waals surface area (Å²) < 4.78 is 5.46. The van der Waals surface area contributed by atoms with E-state index >= 15 is 0 Å². The summed E-state index contributed by atoms with van der Waals surface area (Å²) in [4.78, 5) is 11.7. The molecule has 0 bridgehead atoms. The van der Waals surface area contributed by atoms with Gasteiger partial charge in [-0.2, -0.15) is 0 Å². The van der Waals surface area contributed by atoms with Gasteiger partial charge >= 0.3 is 0 Å². The molecule has 6 heteroatoms. The molecule has 0 saturated carbocycles. The van der Waals surface area contributed by atoms with Gasteiger partial charge in [-0.25, -0.2) is 0 Å². The van der Waals surface area contributed by atoms with Crippen LogP contribution in [0.3, 0.4) is 0 Å². The second kappa shape index (κ2) is 7.00. The van der Waals surface area contributed by atoms with Gasteiger partial charge < -0.3 is 4.74 Å². The lowest BCUT2D eigenvalue weighted by Crippen LogP contribution is -2.20. The average Bonchev–Trinajstić information content (AvgIpc) is 2.93. The minimum Gasteiger partial charge on any atom is -0.484 e. The molecule has 2 rings (SSSR count). The summed E-state index contributed by atoms with van der Waals surface area (Å²) in [5.41, 5.74) is 1.18. The minimum absolute atomic E-state index is 0.0335. The van der Waals surface area contributed by atoms with Crippen LogP contribution in [-0.4, -0.2) is 22.7 Å². The van der Waals surface area contributed by atoms with Gasteiger partial charge in [0.1, 0.15) is 10.8 Å². The van der Waals surface area contributed by atoms with E-state index in [2.05, 4.69) is 22.4 Å². The van der Waals surface area contributed by atoms with Crippen LogP contribution in [-0.2, 0) is 17.6 Å². The maximum Gasteiger partial charge on any atom is 0.264 e. The molecule has 0 fully saturated rings. The molecular weight excluding hydrogens is 274 g/mol. The van der Waals surface area contributed by atoms with Crippen molar-refractivity contribution in [2.45, 2.75) is 26.7 Å². The number of ether oxygens (including phenoxy) is 1. The van der Waals surface area contributed by atoms with Crippen LogP contribution in [0.4, 0.5) is 5.13 Å². The Labute approximate surface area is 122 Å². The second-order valence-electron chi connectivity index (χ2n) is 4.19. The van der Waals surface area contributed by atoms with Gasteiger partial charge in [0.15, 0.2) is 6.61 Å². The van der Waals surface area contributed by atoms with Gasteiger partial charge in [-0.05, 0) is 30.5 Å². The number of carbonyl (C=O) groups is 1. The average molecular weight is 291 g/mol. The Hall–Kier alpha value is -1.95. The van der Waals surface area contributed by atoms with Crippen molar-refractivity contribution in [1.29, 1.82) is 0 Å². The summed E-state index contributed by atoms with van der Waals surface area (Å²) in [5.74, 6) is 0.469. The number of nitrogens with one attached hydrogen (secondary N) is 1. The number of carbonyl (C=O) groups excluding carboxylic acids is 1. The van der Waals surface area contributed by atoms with Crippen molar-refractivity contribution < 1.29 is 9.53 Å². The zero-order chi connectivity index (χ0) is 14.4. The first kappa shape index (κ1) is 14.5. The first-order chi connectivity index (χ1) is 9.71. The predicted molar refractivity (Wildman–Crippen MR) is 79.2 cm³/mol. The van der Waals surface area contributed by atoms with Crippen LogP contribution in [0.5, 0.6) is 5.75 Å². The van der Waals surface area contributed by atoms with Crippen LogP contribution in [0.2, 0.25) is 0 Å². The van der Waals surface area contributed by atoms with Gasteiger partial charge in [0.2, 0.25) is 5.13 Å². The molecule has 0 spiro atoms. The fourth-order valence-corrected chi connectivity index (χ4v) is 2.30. The quantitative estimate of drug-likeness (QED) is 0.888. The highest BCUT2D eigenvalue weighted by atomic mass is 32.1. The van der Waals surface area contributed by atoms with E-state index in [-0.39, 0.29) is 12.5 Å². The SMILES string of the molecule is CCc1cccc(OCC(=O)Nc2nnc(CC)s2)c1. The zero-order valence-corrected chi connectivity index (χ0v) is 12.4. The molecule has 20 heavy (non-hydrogen) atoms. The van der Waals surface area contributed by atoms with E-state index in [1.165, 1.54) is 16.9 Å². The van der Waals surface area contributed by atoms with Crippen LogP contribution in [0.25, 0.3) is 0 Å². The molecule has 5 nitrogen and oxygen atoms in total. The summed E-state index contributed by atoms with van der Waals surface area (Å²) in [6.07, 6.45) is 1.75. The molecule has 0 radical (unpaired) electrons. The van der Waals surface area contributed by atoms with Crippen molar-refractivity contribution in [2.24, 2.45) is 0 Å². The number of benzene rings is 1. The van der Waals surface area contributed by atoms with Crippen LogP contribution in [0.15, 0.2) is 24.3 Å². The first-order valence-corrected chi connectivity index (χ1v) is 7.37. The molecule has 0 aliphatic heterocycles. The van der Waals surface area contributed by atoms with Crippen LogP contribution < -0.4 is 10.1 Å². The van der Waals surface area contributed by atoms with Crippen molar-refractivity contribution in [3.8, 4) is 5.75 Å². The summed E-state index contributed by atoms with van der Waals surface area (Å²) in [7, 11) is 0. The van der Waals surface area contributed by atoms with Gasteiger partial charge in [-0.15, -0.1) is 10.2 Å². The maximum atomic E-state index is 11.7. The molecule has 1 aromatic carbocycles. The fourth-order valence-electron chi connectivity index (χ4n) is 1.61. The molecule has 106 valence electrons. The highest BCUT2D eigenvalue weighted by Gasteiger charge is 2.08. The Morgan fingerprint density at radius 1 is 1.30 bits per heavy atom. The molecule has 0 unspecified atom stereocenters. The molecule has 1 N–H and O–H groups in total. The number of aromatic nitrogens is 2. The second-order valence-corrected chi connectivity index (χ2v) is 5.25. The van der Waals surface area contributed by atoms with E-state index in [9.17, 15) is 4.79 Å². The lowest BCUT2D eigenvalue weighted by molar-refractivity contribution is -0.118. The largest absolute Gasteiger partial charge is 0.484 e. The zero-order valence-electron chi connectivity index (χ0n) is 11.5. The van der Waals surface area contributed by atoms with E-state index in [4.69, 9.17) is 4.74 Å². The topological polar surface area (TPSA) is 64.1 Å². The molecule has 1 aromatic heterocycles. The third-order valence-corrected chi connectivity index (χ3v) is 3.68.